The summed E-state index contributed by atoms with van der Waals surface area (Å²) in [5.41, 5.74) is 0. The van der Waals surface area contributed by atoms with E-state index in [1.54, 1.807) is 0 Å². The minimum absolute atomic E-state index is 0.00658. The van der Waals surface area contributed by atoms with Crippen LogP contribution in [0.5, 0.6) is 5.75 Å². The third-order valence-electron chi connectivity index (χ3n) is 4.75. The molecule has 0 radical (unpaired) electrons. The van der Waals surface area contributed by atoms with Crippen molar-refractivity contribution in [1.29, 1.82) is 0 Å². The van der Waals surface area contributed by atoms with Crippen molar-refractivity contribution in [3.63, 3.8) is 0 Å². The van der Waals surface area contributed by atoms with Gasteiger partial charge >= 0.3 is 0 Å². The molecule has 3 rings (SSSR count). The first kappa shape index (κ1) is 18.1. The second-order valence-electron chi connectivity index (χ2n) is 6.44. The molecule has 1 amide bonds. The molecule has 138 valence electrons. The summed E-state index contributed by atoms with van der Waals surface area (Å²) in [4.78, 5) is 14.2. The van der Waals surface area contributed by atoms with Crippen molar-refractivity contribution < 1.29 is 24.1 Å². The van der Waals surface area contributed by atoms with E-state index in [9.17, 15) is 9.90 Å². The average molecular weight is 350 g/mol. The van der Waals surface area contributed by atoms with E-state index in [0.29, 0.717) is 19.6 Å². The quantitative estimate of drug-likeness (QED) is 0.754. The monoisotopic (exact) mass is 350 g/mol. The highest BCUT2D eigenvalue weighted by molar-refractivity contribution is 5.77. The zero-order chi connectivity index (χ0) is 17.6. The van der Waals surface area contributed by atoms with E-state index < -0.39 is 6.10 Å². The number of carbonyl (C=O) groups excluding carboxylic acids is 1. The van der Waals surface area contributed by atoms with Gasteiger partial charge in [-0.15, -0.1) is 0 Å². The number of hydrogen-bond donors (Lipinski definition) is 2. The first-order chi connectivity index (χ1) is 12.2. The van der Waals surface area contributed by atoms with Gasteiger partial charge in [0.15, 0.2) is 0 Å². The summed E-state index contributed by atoms with van der Waals surface area (Å²) in [6.45, 7) is 2.73. The van der Waals surface area contributed by atoms with Crippen LogP contribution in [0.3, 0.4) is 0 Å². The minimum atomic E-state index is -0.689. The molecule has 1 aliphatic heterocycles. The Morgan fingerprint density at radius 1 is 1.32 bits per heavy atom. The highest BCUT2D eigenvalue weighted by atomic mass is 16.5. The predicted octanol–water partition coefficient (Wildman–Crippen LogP) is 0.0306. The van der Waals surface area contributed by atoms with Crippen LogP contribution in [-0.2, 0) is 14.3 Å². The van der Waals surface area contributed by atoms with Crippen molar-refractivity contribution in [2.24, 2.45) is 0 Å². The maximum Gasteiger partial charge on any atom is 0.246 e. The summed E-state index contributed by atoms with van der Waals surface area (Å²) < 4.78 is 16.3. The number of para-hydroxylation sites is 1. The number of methoxy groups -OCH3 is 1. The zero-order valence-corrected chi connectivity index (χ0v) is 14.5. The lowest BCUT2D eigenvalue weighted by Crippen LogP contribution is -2.56. The standard InChI is InChI=1S/C18H26N2O5/c1-23-12-16(21)19-14-11-15(25-13-5-3-2-4-6-13)18(22)17(14)20-7-9-24-10-8-20/h2-6,14-15,17-18,22H,7-12H2,1H3,(H,19,21)/t14-,15-,17+,18+/m1/s1. The molecule has 25 heavy (non-hydrogen) atoms. The Labute approximate surface area is 147 Å². The van der Waals surface area contributed by atoms with Gasteiger partial charge in [-0.2, -0.15) is 0 Å². The number of morpholine rings is 1. The van der Waals surface area contributed by atoms with Gasteiger partial charge in [0.25, 0.3) is 0 Å². The van der Waals surface area contributed by atoms with Crippen molar-refractivity contribution >= 4 is 5.91 Å². The number of aliphatic hydroxyl groups is 1. The normalized spacial score (nSPS) is 30.2. The van der Waals surface area contributed by atoms with E-state index in [1.807, 2.05) is 30.3 Å². The van der Waals surface area contributed by atoms with Gasteiger partial charge in [0, 0.05) is 26.6 Å². The Balaban J connectivity index is 1.72. The van der Waals surface area contributed by atoms with Gasteiger partial charge in [-0.3, -0.25) is 9.69 Å². The van der Waals surface area contributed by atoms with Crippen molar-refractivity contribution in [2.45, 2.75) is 30.7 Å². The first-order valence-corrected chi connectivity index (χ1v) is 8.69. The van der Waals surface area contributed by atoms with Gasteiger partial charge in [-0.25, -0.2) is 0 Å². The van der Waals surface area contributed by atoms with Crippen molar-refractivity contribution in [3.05, 3.63) is 30.3 Å². The molecule has 2 N–H and O–H groups in total. The molecular formula is C18H26N2O5. The molecular weight excluding hydrogens is 324 g/mol. The fourth-order valence-electron chi connectivity index (χ4n) is 3.65. The maximum atomic E-state index is 12.0. The third-order valence-corrected chi connectivity index (χ3v) is 4.75. The summed E-state index contributed by atoms with van der Waals surface area (Å²) >= 11 is 0. The summed E-state index contributed by atoms with van der Waals surface area (Å²) in [5.74, 6) is 0.537. The Bertz CT molecular complexity index is 550. The molecule has 1 aromatic rings. The fourth-order valence-corrected chi connectivity index (χ4v) is 3.65. The molecule has 7 heteroatoms. The molecule has 7 nitrogen and oxygen atoms in total. The Morgan fingerprint density at radius 3 is 2.72 bits per heavy atom. The van der Waals surface area contributed by atoms with Crippen LogP contribution in [0.25, 0.3) is 0 Å². The second-order valence-corrected chi connectivity index (χ2v) is 6.44. The van der Waals surface area contributed by atoms with Gasteiger partial charge in [-0.1, -0.05) is 18.2 Å². The molecule has 1 saturated heterocycles. The van der Waals surface area contributed by atoms with E-state index >= 15 is 0 Å². The number of nitrogens with zero attached hydrogens (tertiary/aromatic N) is 1. The van der Waals surface area contributed by atoms with Crippen LogP contribution in [0.4, 0.5) is 0 Å². The predicted molar refractivity (Wildman–Crippen MR) is 91.5 cm³/mol. The lowest BCUT2D eigenvalue weighted by Gasteiger charge is -2.37. The Morgan fingerprint density at radius 2 is 2.04 bits per heavy atom. The highest BCUT2D eigenvalue weighted by Crippen LogP contribution is 2.29. The Hall–Kier alpha value is -1.67. The lowest BCUT2D eigenvalue weighted by atomic mass is 10.1. The number of rotatable bonds is 6. The molecule has 4 atom stereocenters. The van der Waals surface area contributed by atoms with Gasteiger partial charge in [0.1, 0.15) is 24.6 Å². The first-order valence-electron chi connectivity index (χ1n) is 8.69. The van der Waals surface area contributed by atoms with Crippen LogP contribution in [0, 0.1) is 0 Å². The van der Waals surface area contributed by atoms with E-state index in [-0.39, 0.29) is 30.7 Å². The van der Waals surface area contributed by atoms with Crippen molar-refractivity contribution in [1.82, 2.24) is 10.2 Å². The number of hydrogen-bond acceptors (Lipinski definition) is 6. The van der Waals surface area contributed by atoms with E-state index in [2.05, 4.69) is 10.2 Å². The SMILES string of the molecule is COCC(=O)N[C@@H]1C[C@@H](Oc2ccccc2)[C@H](O)[C@H]1N1CCOCC1. The topological polar surface area (TPSA) is 80.3 Å². The van der Waals surface area contributed by atoms with Crippen LogP contribution in [0.15, 0.2) is 30.3 Å². The number of amides is 1. The fraction of sp³-hybridized carbons (Fsp3) is 0.611. The second kappa shape index (κ2) is 8.62. The molecule has 2 fully saturated rings. The molecule has 1 heterocycles. The zero-order valence-electron chi connectivity index (χ0n) is 14.5. The molecule has 1 aliphatic carbocycles. The largest absolute Gasteiger partial charge is 0.488 e. The number of benzene rings is 1. The van der Waals surface area contributed by atoms with Crippen LogP contribution >= 0.6 is 0 Å². The summed E-state index contributed by atoms with van der Waals surface area (Å²) in [7, 11) is 1.49. The number of carbonyl (C=O) groups is 1. The highest BCUT2D eigenvalue weighted by Gasteiger charge is 2.47. The average Bonchev–Trinajstić information content (AvgIpc) is 2.92. The summed E-state index contributed by atoms with van der Waals surface area (Å²) in [6, 6.07) is 9.06. The molecule has 0 unspecified atom stereocenters. The number of nitrogens with one attached hydrogen (secondary N) is 1. The van der Waals surface area contributed by atoms with Crippen LogP contribution < -0.4 is 10.1 Å². The maximum absolute atomic E-state index is 12.0. The van der Waals surface area contributed by atoms with Crippen LogP contribution in [0.2, 0.25) is 0 Å². The van der Waals surface area contributed by atoms with Crippen molar-refractivity contribution in [3.8, 4) is 5.75 Å². The number of ether oxygens (including phenoxy) is 3. The van der Waals surface area contributed by atoms with Crippen molar-refractivity contribution in [2.75, 3.05) is 40.0 Å². The van der Waals surface area contributed by atoms with Gasteiger partial charge in [0.2, 0.25) is 5.91 Å². The van der Waals surface area contributed by atoms with Crippen LogP contribution in [0.1, 0.15) is 6.42 Å². The van der Waals surface area contributed by atoms with Gasteiger partial charge < -0.3 is 24.6 Å². The summed E-state index contributed by atoms with van der Waals surface area (Å²) in [6.07, 6.45) is -0.512. The van der Waals surface area contributed by atoms with E-state index in [4.69, 9.17) is 14.2 Å². The summed E-state index contributed by atoms with van der Waals surface area (Å²) in [5, 5.41) is 13.9. The molecule has 1 aromatic carbocycles. The smallest absolute Gasteiger partial charge is 0.246 e. The van der Waals surface area contributed by atoms with Gasteiger partial charge in [0.05, 0.1) is 25.3 Å². The Kier molecular flexibility index (Phi) is 6.25. The third kappa shape index (κ3) is 4.49. The number of aliphatic hydroxyl groups excluding tert-OH is 1. The molecule has 0 aromatic heterocycles. The molecule has 0 spiro atoms. The minimum Gasteiger partial charge on any atom is -0.488 e. The molecule has 2 aliphatic rings. The van der Waals surface area contributed by atoms with E-state index in [1.165, 1.54) is 7.11 Å². The lowest BCUT2D eigenvalue weighted by molar-refractivity contribution is -0.126. The molecule has 1 saturated carbocycles. The van der Waals surface area contributed by atoms with Crippen LogP contribution in [-0.4, -0.2) is 80.2 Å². The van der Waals surface area contributed by atoms with Gasteiger partial charge in [-0.05, 0) is 12.1 Å². The molecule has 0 bridgehead atoms. The van der Waals surface area contributed by atoms with E-state index in [0.717, 1.165) is 18.8 Å².